The Kier molecular flexibility index (Phi) is 5.64. The molecule has 1 N–H and O–H groups in total. The first-order valence-corrected chi connectivity index (χ1v) is 6.07. The molecule has 0 fully saturated rings. The maximum Gasteiger partial charge on any atom is 0.148 e. The Morgan fingerprint density at radius 1 is 1.41 bits per heavy atom. The summed E-state index contributed by atoms with van der Waals surface area (Å²) in [5.74, 6) is 3.02. The van der Waals surface area contributed by atoms with Gasteiger partial charge in [0.2, 0.25) is 0 Å². The molecule has 1 aromatic carbocycles. The molecule has 1 aromatic rings. The molecular weight excluding hydrogens is 257 g/mol. The van der Waals surface area contributed by atoms with Crippen LogP contribution in [0.25, 0.3) is 0 Å². The fourth-order valence-corrected chi connectivity index (χ4v) is 1.92. The lowest BCUT2D eigenvalue weighted by atomic mass is 10.2. The second kappa shape index (κ2) is 6.76. The second-order valence-electron chi connectivity index (χ2n) is 3.90. The van der Waals surface area contributed by atoms with Gasteiger partial charge in [0, 0.05) is 23.2 Å². The minimum absolute atomic E-state index is 0.191. The van der Waals surface area contributed by atoms with E-state index in [2.05, 4.69) is 25.1 Å². The number of hydrogen-bond acceptors (Lipinski definition) is 2. The first kappa shape index (κ1) is 14.2. The molecule has 0 atom stereocenters. The molecule has 0 aliphatic rings. The summed E-state index contributed by atoms with van der Waals surface area (Å²) in [6.07, 6.45) is 5.17. The number of nitrogens with one attached hydrogen (secondary N) is 1. The van der Waals surface area contributed by atoms with E-state index >= 15 is 0 Å². The lowest BCUT2D eigenvalue weighted by molar-refractivity contribution is 0.364. The standard InChI is InChI=1S/C13H15Cl2NO/c1-4-5-17-13-10(8-16-9(2)3)6-11(14)7-12(13)15/h1,6-7,9,16H,5,8H2,2-3H3. The van der Waals surface area contributed by atoms with Gasteiger partial charge in [0.05, 0.1) is 5.02 Å². The highest BCUT2D eigenvalue weighted by Gasteiger charge is 2.10. The smallest absolute Gasteiger partial charge is 0.148 e. The first-order valence-electron chi connectivity index (χ1n) is 5.32. The van der Waals surface area contributed by atoms with Crippen molar-refractivity contribution >= 4 is 23.2 Å². The van der Waals surface area contributed by atoms with Gasteiger partial charge in [0.15, 0.2) is 0 Å². The van der Waals surface area contributed by atoms with Crippen LogP contribution >= 0.6 is 23.2 Å². The number of hydrogen-bond donors (Lipinski definition) is 1. The quantitative estimate of drug-likeness (QED) is 0.828. The summed E-state index contributed by atoms with van der Waals surface area (Å²) in [6, 6.07) is 3.84. The third-order valence-electron chi connectivity index (χ3n) is 2.09. The van der Waals surface area contributed by atoms with Crippen molar-refractivity contribution in [3.8, 4) is 18.1 Å². The summed E-state index contributed by atoms with van der Waals surface area (Å²) in [7, 11) is 0. The molecule has 0 amide bonds. The highest BCUT2D eigenvalue weighted by molar-refractivity contribution is 6.35. The highest BCUT2D eigenvalue weighted by Crippen LogP contribution is 2.32. The first-order chi connectivity index (χ1) is 8.04. The Labute approximate surface area is 112 Å². The van der Waals surface area contributed by atoms with Gasteiger partial charge < -0.3 is 10.1 Å². The number of rotatable bonds is 5. The molecule has 0 aliphatic carbocycles. The van der Waals surface area contributed by atoms with Gasteiger partial charge in [-0.25, -0.2) is 0 Å². The largest absolute Gasteiger partial charge is 0.479 e. The zero-order valence-corrected chi connectivity index (χ0v) is 11.4. The molecular formula is C13H15Cl2NO. The van der Waals surface area contributed by atoms with Crippen molar-refractivity contribution in [3.63, 3.8) is 0 Å². The normalized spacial score (nSPS) is 10.4. The Balaban J connectivity index is 2.94. The monoisotopic (exact) mass is 271 g/mol. The molecule has 1 rings (SSSR count). The SMILES string of the molecule is C#CCOc1c(Cl)cc(Cl)cc1CNC(C)C. The van der Waals surface area contributed by atoms with Gasteiger partial charge in [0.25, 0.3) is 0 Å². The highest BCUT2D eigenvalue weighted by atomic mass is 35.5. The van der Waals surface area contributed by atoms with Crippen LogP contribution in [0.2, 0.25) is 10.0 Å². The summed E-state index contributed by atoms with van der Waals surface area (Å²) < 4.78 is 5.44. The van der Waals surface area contributed by atoms with Gasteiger partial charge in [-0.15, -0.1) is 6.42 Å². The van der Waals surface area contributed by atoms with E-state index in [4.69, 9.17) is 34.4 Å². The average molecular weight is 272 g/mol. The van der Waals surface area contributed by atoms with E-state index in [0.717, 1.165) is 5.56 Å². The van der Waals surface area contributed by atoms with Gasteiger partial charge >= 0.3 is 0 Å². The van der Waals surface area contributed by atoms with Crippen molar-refractivity contribution < 1.29 is 4.74 Å². The molecule has 0 aliphatic heterocycles. The van der Waals surface area contributed by atoms with E-state index in [0.29, 0.717) is 28.4 Å². The zero-order valence-electron chi connectivity index (χ0n) is 9.89. The average Bonchev–Trinajstić information content (AvgIpc) is 2.24. The molecule has 0 saturated heterocycles. The van der Waals surface area contributed by atoms with E-state index in [1.165, 1.54) is 0 Å². The van der Waals surface area contributed by atoms with Gasteiger partial charge in [0.1, 0.15) is 12.4 Å². The number of halogens is 2. The topological polar surface area (TPSA) is 21.3 Å². The lowest BCUT2D eigenvalue weighted by Gasteiger charge is -2.14. The molecule has 0 unspecified atom stereocenters. The summed E-state index contributed by atoms with van der Waals surface area (Å²) in [5.41, 5.74) is 0.909. The van der Waals surface area contributed by atoms with Gasteiger partial charge in [-0.2, -0.15) is 0 Å². The minimum atomic E-state index is 0.191. The van der Waals surface area contributed by atoms with E-state index in [9.17, 15) is 0 Å². The van der Waals surface area contributed by atoms with E-state index in [-0.39, 0.29) is 6.61 Å². The molecule has 0 saturated carbocycles. The van der Waals surface area contributed by atoms with E-state index < -0.39 is 0 Å². The Bertz CT molecular complexity index is 424. The molecule has 17 heavy (non-hydrogen) atoms. The van der Waals surface area contributed by atoms with Crippen molar-refractivity contribution in [3.05, 3.63) is 27.7 Å². The Morgan fingerprint density at radius 2 is 2.12 bits per heavy atom. The van der Waals surface area contributed by atoms with Crippen LogP contribution in [0.3, 0.4) is 0 Å². The molecule has 0 heterocycles. The zero-order chi connectivity index (χ0) is 12.8. The van der Waals surface area contributed by atoms with Gasteiger partial charge in [-0.3, -0.25) is 0 Å². The van der Waals surface area contributed by atoms with Crippen LogP contribution in [0.4, 0.5) is 0 Å². The maximum atomic E-state index is 6.08. The summed E-state index contributed by atoms with van der Waals surface area (Å²) in [4.78, 5) is 0. The van der Waals surface area contributed by atoms with Crippen LogP contribution in [0.5, 0.6) is 5.75 Å². The molecule has 0 aromatic heterocycles. The van der Waals surface area contributed by atoms with Crippen molar-refractivity contribution in [2.24, 2.45) is 0 Å². The summed E-state index contributed by atoms with van der Waals surface area (Å²) >= 11 is 12.0. The third-order valence-corrected chi connectivity index (χ3v) is 2.58. The van der Waals surface area contributed by atoms with Gasteiger partial charge in [-0.1, -0.05) is 43.0 Å². The van der Waals surface area contributed by atoms with Crippen LogP contribution in [0.15, 0.2) is 12.1 Å². The minimum Gasteiger partial charge on any atom is -0.479 e. The summed E-state index contributed by atoms with van der Waals surface area (Å²) in [5, 5.41) is 4.35. The molecule has 0 bridgehead atoms. The van der Waals surface area contributed by atoms with Crippen molar-refractivity contribution in [2.75, 3.05) is 6.61 Å². The number of ether oxygens (including phenoxy) is 1. The van der Waals surface area contributed by atoms with Crippen molar-refractivity contribution in [1.29, 1.82) is 0 Å². The van der Waals surface area contributed by atoms with Crippen LogP contribution in [-0.2, 0) is 6.54 Å². The van der Waals surface area contributed by atoms with Crippen LogP contribution < -0.4 is 10.1 Å². The molecule has 0 radical (unpaired) electrons. The Morgan fingerprint density at radius 3 is 2.71 bits per heavy atom. The fourth-order valence-electron chi connectivity index (χ4n) is 1.33. The fraction of sp³-hybridized carbons (Fsp3) is 0.385. The number of terminal acetylenes is 1. The lowest BCUT2D eigenvalue weighted by Crippen LogP contribution is -2.22. The molecule has 92 valence electrons. The summed E-state index contributed by atoms with van der Waals surface area (Å²) in [6.45, 7) is 4.95. The third kappa shape index (κ3) is 4.47. The van der Waals surface area contributed by atoms with Gasteiger partial charge in [-0.05, 0) is 12.1 Å². The second-order valence-corrected chi connectivity index (χ2v) is 4.75. The predicted molar refractivity (Wildman–Crippen MR) is 72.8 cm³/mol. The van der Waals surface area contributed by atoms with Crippen molar-refractivity contribution in [1.82, 2.24) is 5.32 Å². The number of benzene rings is 1. The van der Waals surface area contributed by atoms with E-state index in [1.54, 1.807) is 6.07 Å². The molecule has 2 nitrogen and oxygen atoms in total. The Hall–Kier alpha value is -0.880. The van der Waals surface area contributed by atoms with E-state index in [1.807, 2.05) is 6.07 Å². The molecule has 4 heteroatoms. The predicted octanol–water partition coefficient (Wildman–Crippen LogP) is 3.50. The van der Waals surface area contributed by atoms with Crippen LogP contribution in [0.1, 0.15) is 19.4 Å². The molecule has 0 spiro atoms. The van der Waals surface area contributed by atoms with Crippen LogP contribution in [0, 0.1) is 12.3 Å². The van der Waals surface area contributed by atoms with Crippen molar-refractivity contribution in [2.45, 2.75) is 26.4 Å². The van der Waals surface area contributed by atoms with Crippen LogP contribution in [-0.4, -0.2) is 12.6 Å². The maximum absolute atomic E-state index is 6.08.